The number of aromatic nitrogens is 3. The maximum atomic E-state index is 14.7. The fraction of sp³-hybridized carbons (Fsp3) is 0.0909. The molecule has 0 saturated carbocycles. The largest absolute Gasteiger partial charge is 0.336 e. The molecule has 31 heavy (non-hydrogen) atoms. The summed E-state index contributed by atoms with van der Waals surface area (Å²) in [6, 6.07) is 8.73. The van der Waals surface area contributed by atoms with Gasteiger partial charge in [0.05, 0.1) is 16.9 Å². The van der Waals surface area contributed by atoms with Gasteiger partial charge in [0.25, 0.3) is 0 Å². The first kappa shape index (κ1) is 20.3. The smallest absolute Gasteiger partial charge is 0.248 e. The van der Waals surface area contributed by atoms with Gasteiger partial charge in [-0.1, -0.05) is 16.8 Å². The van der Waals surface area contributed by atoms with Crippen molar-refractivity contribution in [1.29, 1.82) is 0 Å². The second-order valence-electron chi connectivity index (χ2n) is 6.74. The minimum atomic E-state index is -0.983. The van der Waals surface area contributed by atoms with E-state index in [2.05, 4.69) is 15.1 Å². The highest BCUT2D eigenvalue weighted by atomic mass is 19.1. The van der Waals surface area contributed by atoms with Gasteiger partial charge in [-0.3, -0.25) is 4.79 Å². The lowest BCUT2D eigenvalue weighted by Gasteiger charge is -2.19. The molecule has 0 spiro atoms. The van der Waals surface area contributed by atoms with Crippen molar-refractivity contribution >= 4 is 17.5 Å². The number of amides is 1. The van der Waals surface area contributed by atoms with E-state index >= 15 is 0 Å². The summed E-state index contributed by atoms with van der Waals surface area (Å²) >= 11 is 0. The van der Waals surface area contributed by atoms with E-state index in [-0.39, 0.29) is 34.1 Å². The average molecular weight is 424 g/mol. The van der Waals surface area contributed by atoms with Gasteiger partial charge in [-0.25, -0.2) is 28.0 Å². The molecule has 4 rings (SSSR count). The van der Waals surface area contributed by atoms with Crippen molar-refractivity contribution in [2.75, 3.05) is 4.90 Å². The van der Waals surface area contributed by atoms with Crippen LogP contribution in [0.2, 0.25) is 0 Å². The van der Waals surface area contributed by atoms with Crippen LogP contribution in [0.25, 0.3) is 22.5 Å². The Morgan fingerprint density at radius 3 is 2.52 bits per heavy atom. The molecule has 1 amide bonds. The Balaban J connectivity index is 2.01. The van der Waals surface area contributed by atoms with Crippen molar-refractivity contribution in [2.45, 2.75) is 13.8 Å². The van der Waals surface area contributed by atoms with E-state index in [1.54, 1.807) is 19.1 Å². The average Bonchev–Trinajstić information content (AvgIpc) is 3.16. The topological polar surface area (TPSA) is 72.1 Å². The first-order valence-electron chi connectivity index (χ1n) is 9.15. The molecule has 2 aromatic carbocycles. The summed E-state index contributed by atoms with van der Waals surface area (Å²) in [7, 11) is 0. The van der Waals surface area contributed by atoms with Crippen molar-refractivity contribution in [3.05, 3.63) is 78.0 Å². The molecule has 0 aliphatic carbocycles. The first-order chi connectivity index (χ1) is 14.9. The van der Waals surface area contributed by atoms with Crippen LogP contribution in [0.4, 0.5) is 24.7 Å². The minimum absolute atomic E-state index is 0.0728. The van der Waals surface area contributed by atoms with Crippen LogP contribution >= 0.6 is 0 Å². The second kappa shape index (κ2) is 8.02. The monoisotopic (exact) mass is 424 g/mol. The summed E-state index contributed by atoms with van der Waals surface area (Å²) in [5.74, 6) is -3.17. The highest BCUT2D eigenvalue weighted by Crippen LogP contribution is 2.42. The zero-order valence-electron chi connectivity index (χ0n) is 16.4. The Hall–Kier alpha value is -4.01. The van der Waals surface area contributed by atoms with Crippen molar-refractivity contribution < 1.29 is 22.5 Å². The number of hydrogen-bond acceptors (Lipinski definition) is 5. The fourth-order valence-corrected chi connectivity index (χ4v) is 3.19. The number of carbonyl (C=O) groups is 1. The molecule has 0 saturated heterocycles. The van der Waals surface area contributed by atoms with E-state index in [0.29, 0.717) is 6.07 Å². The van der Waals surface area contributed by atoms with E-state index in [9.17, 15) is 18.0 Å². The van der Waals surface area contributed by atoms with Gasteiger partial charge in [-0.15, -0.1) is 0 Å². The van der Waals surface area contributed by atoms with Gasteiger partial charge in [0.1, 0.15) is 29.5 Å². The number of benzene rings is 2. The predicted molar refractivity (Wildman–Crippen MR) is 107 cm³/mol. The highest BCUT2D eigenvalue weighted by molar-refractivity contribution is 6.03. The number of anilines is 2. The number of hydrogen-bond donors (Lipinski definition) is 0. The molecule has 0 atom stereocenters. The molecule has 156 valence electrons. The number of rotatable bonds is 4. The maximum absolute atomic E-state index is 14.7. The quantitative estimate of drug-likeness (QED) is 0.450. The number of aryl methyl sites for hydroxylation is 1. The summed E-state index contributed by atoms with van der Waals surface area (Å²) in [5, 5.41) is 3.97. The highest BCUT2D eigenvalue weighted by Gasteiger charge is 2.30. The van der Waals surface area contributed by atoms with E-state index in [0.717, 1.165) is 22.6 Å². The molecular formula is C22H15F3N4O2. The van der Waals surface area contributed by atoms with Gasteiger partial charge < -0.3 is 4.52 Å². The summed E-state index contributed by atoms with van der Waals surface area (Å²) in [6.07, 6.45) is 2.71. The van der Waals surface area contributed by atoms with Crippen LogP contribution in [-0.4, -0.2) is 21.0 Å². The van der Waals surface area contributed by atoms with Gasteiger partial charge >= 0.3 is 0 Å². The zero-order valence-corrected chi connectivity index (χ0v) is 16.4. The number of nitrogens with zero attached hydrogens (tertiary/aromatic N) is 4. The normalized spacial score (nSPS) is 10.9. The molecule has 4 aromatic rings. The van der Waals surface area contributed by atoms with E-state index in [1.807, 2.05) is 0 Å². The Labute approximate surface area is 175 Å². The van der Waals surface area contributed by atoms with Crippen LogP contribution in [0.1, 0.15) is 12.5 Å². The minimum Gasteiger partial charge on any atom is -0.336 e. The molecule has 2 heterocycles. The Bertz CT molecular complexity index is 1280. The van der Waals surface area contributed by atoms with Gasteiger partial charge in [-0.2, -0.15) is 0 Å². The molecular weight excluding hydrogens is 409 g/mol. The van der Waals surface area contributed by atoms with Crippen LogP contribution in [0.5, 0.6) is 0 Å². The third-order valence-electron chi connectivity index (χ3n) is 4.56. The van der Waals surface area contributed by atoms with Crippen LogP contribution < -0.4 is 4.90 Å². The lowest BCUT2D eigenvalue weighted by Crippen LogP contribution is -2.24. The lowest BCUT2D eigenvalue weighted by atomic mass is 10.0. The lowest BCUT2D eigenvalue weighted by molar-refractivity contribution is -0.116. The van der Waals surface area contributed by atoms with Crippen LogP contribution in [0.3, 0.4) is 0 Å². The van der Waals surface area contributed by atoms with Crippen molar-refractivity contribution in [3.63, 3.8) is 0 Å². The summed E-state index contributed by atoms with van der Waals surface area (Å²) < 4.78 is 48.1. The summed E-state index contributed by atoms with van der Waals surface area (Å²) in [5.41, 5.74) is 1.14. The SMILES string of the molecule is CC(=O)N(c1ccc(F)cc1F)c1onc(-c2cc(C)ccc2F)c1-c1ccncn1. The second-order valence-corrected chi connectivity index (χ2v) is 6.74. The Morgan fingerprint density at radius 1 is 1.03 bits per heavy atom. The van der Waals surface area contributed by atoms with Crippen LogP contribution in [0, 0.1) is 24.4 Å². The molecule has 0 aliphatic rings. The molecule has 0 unspecified atom stereocenters. The first-order valence-corrected chi connectivity index (χ1v) is 9.15. The van der Waals surface area contributed by atoms with Gasteiger partial charge in [0.15, 0.2) is 0 Å². The van der Waals surface area contributed by atoms with Crippen molar-refractivity contribution in [3.8, 4) is 22.5 Å². The van der Waals surface area contributed by atoms with Gasteiger partial charge in [-0.05, 0) is 37.3 Å². The van der Waals surface area contributed by atoms with E-state index in [4.69, 9.17) is 4.52 Å². The summed E-state index contributed by atoms with van der Waals surface area (Å²) in [4.78, 5) is 21.4. The van der Waals surface area contributed by atoms with E-state index < -0.39 is 23.4 Å². The van der Waals surface area contributed by atoms with Crippen LogP contribution in [0.15, 0.2) is 59.5 Å². The number of halogens is 3. The molecule has 0 aliphatic heterocycles. The van der Waals surface area contributed by atoms with Gasteiger partial charge in [0.2, 0.25) is 11.8 Å². The summed E-state index contributed by atoms with van der Waals surface area (Å²) in [6.45, 7) is 2.96. The fourth-order valence-electron chi connectivity index (χ4n) is 3.19. The number of carbonyl (C=O) groups excluding carboxylic acids is 1. The van der Waals surface area contributed by atoms with Crippen molar-refractivity contribution in [2.24, 2.45) is 0 Å². The van der Waals surface area contributed by atoms with E-state index in [1.165, 1.54) is 31.6 Å². The zero-order chi connectivity index (χ0) is 22.1. The molecule has 0 N–H and O–H groups in total. The molecule has 6 nitrogen and oxygen atoms in total. The molecule has 2 aromatic heterocycles. The Kier molecular flexibility index (Phi) is 5.24. The standard InChI is InChI=1S/C22H15F3N4O2/c1-12-3-5-16(24)15(9-12)21-20(18-7-8-26-11-27-18)22(31-28-21)29(13(2)30)19-6-4-14(23)10-17(19)25/h3-11H,1-2H3. The van der Waals surface area contributed by atoms with Crippen LogP contribution in [-0.2, 0) is 4.79 Å². The van der Waals surface area contributed by atoms with Crippen molar-refractivity contribution in [1.82, 2.24) is 15.1 Å². The molecule has 0 fully saturated rings. The third kappa shape index (κ3) is 3.77. The maximum Gasteiger partial charge on any atom is 0.248 e. The third-order valence-corrected chi connectivity index (χ3v) is 4.56. The molecule has 9 heteroatoms. The Morgan fingerprint density at radius 2 is 1.84 bits per heavy atom. The van der Waals surface area contributed by atoms with Gasteiger partial charge in [0, 0.05) is 24.8 Å². The molecule has 0 radical (unpaired) electrons. The predicted octanol–water partition coefficient (Wildman–Crippen LogP) is 5.21. The molecule has 0 bridgehead atoms.